The zero-order chi connectivity index (χ0) is 9.42. The summed E-state index contributed by atoms with van der Waals surface area (Å²) in [5.74, 6) is -0.906. The fourth-order valence-electron chi connectivity index (χ4n) is 2.29. The lowest BCUT2D eigenvalue weighted by Crippen LogP contribution is -2.56. The second kappa shape index (κ2) is 3.27. The largest absolute Gasteiger partial charge is 0.481 e. The molecule has 1 heterocycles. The highest BCUT2D eigenvalue weighted by Crippen LogP contribution is 2.29. The van der Waals surface area contributed by atoms with Crippen molar-refractivity contribution in [1.29, 1.82) is 0 Å². The van der Waals surface area contributed by atoms with Crippen molar-refractivity contribution in [2.24, 2.45) is 5.92 Å². The van der Waals surface area contributed by atoms with Crippen molar-refractivity contribution < 1.29 is 15.0 Å². The summed E-state index contributed by atoms with van der Waals surface area (Å²) in [7, 11) is 0. The Morgan fingerprint density at radius 2 is 2.00 bits per heavy atom. The molecule has 1 aliphatic heterocycles. The average Bonchev–Trinajstić information content (AvgIpc) is 2.32. The predicted molar refractivity (Wildman–Crippen MR) is 46.3 cm³/mol. The van der Waals surface area contributed by atoms with E-state index in [0.717, 1.165) is 19.3 Å². The molecule has 4 nitrogen and oxygen atoms in total. The van der Waals surface area contributed by atoms with Gasteiger partial charge in [-0.1, -0.05) is 0 Å². The second-order valence-electron chi connectivity index (χ2n) is 4.05. The molecular weight excluding hydrogens is 170 g/mol. The maximum absolute atomic E-state index is 10.5. The van der Waals surface area contributed by atoms with E-state index in [-0.39, 0.29) is 18.1 Å². The van der Waals surface area contributed by atoms with Crippen LogP contribution in [0.1, 0.15) is 19.3 Å². The lowest BCUT2D eigenvalue weighted by Gasteiger charge is -2.42. The maximum Gasteiger partial charge on any atom is 0.309 e. The minimum atomic E-state index is -0.705. The third-order valence-electron chi connectivity index (χ3n) is 3.17. The van der Waals surface area contributed by atoms with E-state index in [1.807, 2.05) is 0 Å². The summed E-state index contributed by atoms with van der Waals surface area (Å²) in [6, 6.07) is 0.232. The van der Waals surface area contributed by atoms with E-state index in [1.54, 1.807) is 0 Å². The SMILES string of the molecule is O=C(O)C1CN(C2CCCC2O)C1. The van der Waals surface area contributed by atoms with Gasteiger partial charge in [0.25, 0.3) is 0 Å². The number of likely N-dealkylation sites (tertiary alicyclic amines) is 1. The molecule has 13 heavy (non-hydrogen) atoms. The number of carboxylic acids is 1. The summed E-state index contributed by atoms with van der Waals surface area (Å²) in [6.07, 6.45) is 2.74. The number of carboxylic acid groups (broad SMARTS) is 1. The van der Waals surface area contributed by atoms with Crippen molar-refractivity contribution >= 4 is 5.97 Å². The number of rotatable bonds is 2. The van der Waals surface area contributed by atoms with Gasteiger partial charge < -0.3 is 10.2 Å². The number of aliphatic hydroxyl groups excluding tert-OH is 1. The van der Waals surface area contributed by atoms with Gasteiger partial charge in [0.05, 0.1) is 12.0 Å². The van der Waals surface area contributed by atoms with Gasteiger partial charge in [-0.15, -0.1) is 0 Å². The Bertz CT molecular complexity index is 213. The van der Waals surface area contributed by atoms with Crippen LogP contribution in [0, 0.1) is 5.92 Å². The predicted octanol–water partition coefficient (Wildman–Crippen LogP) is -0.0838. The highest BCUT2D eigenvalue weighted by atomic mass is 16.4. The molecule has 2 unspecified atom stereocenters. The summed E-state index contributed by atoms with van der Waals surface area (Å²) in [4.78, 5) is 12.6. The van der Waals surface area contributed by atoms with Crippen molar-refractivity contribution in [3.63, 3.8) is 0 Å². The molecule has 0 radical (unpaired) electrons. The summed E-state index contributed by atoms with van der Waals surface area (Å²) >= 11 is 0. The molecule has 1 saturated carbocycles. The molecule has 74 valence electrons. The number of hydrogen-bond donors (Lipinski definition) is 2. The molecule has 0 amide bonds. The van der Waals surface area contributed by atoms with E-state index >= 15 is 0 Å². The summed E-state index contributed by atoms with van der Waals surface area (Å²) in [6.45, 7) is 1.24. The Morgan fingerprint density at radius 1 is 1.31 bits per heavy atom. The number of aliphatic hydroxyl groups is 1. The quantitative estimate of drug-likeness (QED) is 0.631. The van der Waals surface area contributed by atoms with Gasteiger partial charge in [0, 0.05) is 19.1 Å². The zero-order valence-electron chi connectivity index (χ0n) is 7.52. The number of carbonyl (C=O) groups is 1. The monoisotopic (exact) mass is 185 g/mol. The Balaban J connectivity index is 1.82. The molecule has 0 aromatic carbocycles. The van der Waals surface area contributed by atoms with Crippen LogP contribution in [0.25, 0.3) is 0 Å². The van der Waals surface area contributed by atoms with Gasteiger partial charge in [-0.2, -0.15) is 0 Å². The van der Waals surface area contributed by atoms with Crippen LogP contribution in [-0.4, -0.2) is 46.3 Å². The first kappa shape index (κ1) is 8.97. The third-order valence-corrected chi connectivity index (χ3v) is 3.17. The Morgan fingerprint density at radius 3 is 2.46 bits per heavy atom. The Labute approximate surface area is 77.2 Å². The molecule has 2 aliphatic rings. The van der Waals surface area contributed by atoms with Crippen LogP contribution in [0.3, 0.4) is 0 Å². The van der Waals surface area contributed by atoms with Crippen molar-refractivity contribution in [3.05, 3.63) is 0 Å². The Hall–Kier alpha value is -0.610. The smallest absolute Gasteiger partial charge is 0.309 e. The molecule has 2 rings (SSSR count). The fourth-order valence-corrected chi connectivity index (χ4v) is 2.29. The molecule has 0 aromatic rings. The molecule has 0 bridgehead atoms. The van der Waals surface area contributed by atoms with Crippen LogP contribution in [-0.2, 0) is 4.79 Å². The van der Waals surface area contributed by atoms with Crippen LogP contribution in [0.15, 0.2) is 0 Å². The molecular formula is C9H15NO3. The second-order valence-corrected chi connectivity index (χ2v) is 4.05. The van der Waals surface area contributed by atoms with Crippen LogP contribution in [0.2, 0.25) is 0 Å². The first-order chi connectivity index (χ1) is 6.18. The van der Waals surface area contributed by atoms with Crippen molar-refractivity contribution in [3.8, 4) is 0 Å². The zero-order valence-corrected chi connectivity index (χ0v) is 7.52. The summed E-state index contributed by atoms with van der Waals surface area (Å²) < 4.78 is 0. The number of nitrogens with zero attached hydrogens (tertiary/aromatic N) is 1. The molecule has 1 aliphatic carbocycles. The van der Waals surface area contributed by atoms with E-state index in [1.165, 1.54) is 0 Å². The molecule has 2 atom stereocenters. The van der Waals surface area contributed by atoms with E-state index in [0.29, 0.717) is 13.1 Å². The molecule has 2 N–H and O–H groups in total. The van der Waals surface area contributed by atoms with Gasteiger partial charge in [-0.3, -0.25) is 9.69 Å². The van der Waals surface area contributed by atoms with E-state index in [4.69, 9.17) is 5.11 Å². The van der Waals surface area contributed by atoms with E-state index in [2.05, 4.69) is 4.90 Å². The highest BCUT2D eigenvalue weighted by molar-refractivity contribution is 5.71. The standard InChI is InChI=1S/C9H15NO3/c11-8-3-1-2-7(8)10-4-6(5-10)9(12)13/h6-8,11H,1-5H2,(H,12,13). The third kappa shape index (κ3) is 1.56. The van der Waals surface area contributed by atoms with Gasteiger partial charge in [0.2, 0.25) is 0 Å². The van der Waals surface area contributed by atoms with Gasteiger partial charge in [0.15, 0.2) is 0 Å². The van der Waals surface area contributed by atoms with Gasteiger partial charge >= 0.3 is 5.97 Å². The average molecular weight is 185 g/mol. The van der Waals surface area contributed by atoms with Crippen LogP contribution >= 0.6 is 0 Å². The van der Waals surface area contributed by atoms with Crippen LogP contribution in [0.5, 0.6) is 0 Å². The van der Waals surface area contributed by atoms with Crippen molar-refractivity contribution in [2.45, 2.75) is 31.4 Å². The first-order valence-corrected chi connectivity index (χ1v) is 4.83. The first-order valence-electron chi connectivity index (χ1n) is 4.83. The number of hydrogen-bond acceptors (Lipinski definition) is 3. The topological polar surface area (TPSA) is 60.8 Å². The fraction of sp³-hybridized carbons (Fsp3) is 0.889. The lowest BCUT2D eigenvalue weighted by molar-refractivity contribution is -0.149. The molecule has 1 saturated heterocycles. The van der Waals surface area contributed by atoms with Gasteiger partial charge in [-0.05, 0) is 19.3 Å². The van der Waals surface area contributed by atoms with Gasteiger partial charge in [-0.25, -0.2) is 0 Å². The van der Waals surface area contributed by atoms with Gasteiger partial charge in [0.1, 0.15) is 0 Å². The van der Waals surface area contributed by atoms with E-state index < -0.39 is 5.97 Å². The molecule has 0 aromatic heterocycles. The normalized spacial score (nSPS) is 36.1. The van der Waals surface area contributed by atoms with Crippen LogP contribution < -0.4 is 0 Å². The highest BCUT2D eigenvalue weighted by Gasteiger charge is 2.40. The minimum Gasteiger partial charge on any atom is -0.481 e. The summed E-state index contributed by atoms with van der Waals surface area (Å²) in [5, 5.41) is 18.2. The Kier molecular flexibility index (Phi) is 2.26. The minimum absolute atomic E-state index is 0.201. The van der Waals surface area contributed by atoms with Crippen LogP contribution in [0.4, 0.5) is 0 Å². The maximum atomic E-state index is 10.5. The van der Waals surface area contributed by atoms with E-state index in [9.17, 15) is 9.90 Å². The summed E-state index contributed by atoms with van der Waals surface area (Å²) in [5.41, 5.74) is 0. The molecule has 0 spiro atoms. The van der Waals surface area contributed by atoms with Crippen molar-refractivity contribution in [1.82, 2.24) is 4.90 Å². The molecule has 4 heteroatoms. The number of aliphatic carboxylic acids is 1. The van der Waals surface area contributed by atoms with Crippen molar-refractivity contribution in [2.75, 3.05) is 13.1 Å². The lowest BCUT2D eigenvalue weighted by atomic mass is 9.96. The molecule has 2 fully saturated rings.